The van der Waals surface area contributed by atoms with Crippen LogP contribution in [0.25, 0.3) is 0 Å². The molecule has 0 aliphatic rings. The molecule has 0 aliphatic carbocycles. The molecule has 0 N–H and O–H groups in total. The zero-order valence-corrected chi connectivity index (χ0v) is 15.0. The standard InChI is InChI=1S/C14H16Cl2N4OS/c1-8(2)21-13-11(15)5-10(6-12(13)16)7-17-20-9(3)18-19-14(20)22-4/h5-8H,1-4H3/b17-7-. The fraction of sp³-hybridized carbons (Fsp3) is 0.357. The van der Waals surface area contributed by atoms with Crippen molar-refractivity contribution in [3.8, 4) is 5.75 Å². The van der Waals surface area contributed by atoms with Crippen molar-refractivity contribution in [1.29, 1.82) is 0 Å². The van der Waals surface area contributed by atoms with Gasteiger partial charge in [-0.25, -0.2) is 0 Å². The molecule has 1 heterocycles. The van der Waals surface area contributed by atoms with E-state index >= 15 is 0 Å². The largest absolute Gasteiger partial charge is 0.488 e. The van der Waals surface area contributed by atoms with Gasteiger partial charge in [-0.3, -0.25) is 0 Å². The van der Waals surface area contributed by atoms with E-state index in [1.807, 2.05) is 27.0 Å². The Morgan fingerprint density at radius 1 is 1.27 bits per heavy atom. The van der Waals surface area contributed by atoms with Crippen LogP contribution in [-0.4, -0.2) is 33.4 Å². The molecule has 0 saturated carbocycles. The maximum atomic E-state index is 6.22. The minimum Gasteiger partial charge on any atom is -0.488 e. The van der Waals surface area contributed by atoms with Crippen LogP contribution in [0.5, 0.6) is 5.75 Å². The molecule has 0 fully saturated rings. The molecule has 0 amide bonds. The molecular weight excluding hydrogens is 343 g/mol. The normalized spacial score (nSPS) is 11.6. The molecule has 118 valence electrons. The van der Waals surface area contributed by atoms with Crippen molar-refractivity contribution in [1.82, 2.24) is 14.9 Å². The number of hydrogen-bond acceptors (Lipinski definition) is 5. The van der Waals surface area contributed by atoms with Gasteiger partial charge in [-0.2, -0.15) is 9.78 Å². The van der Waals surface area contributed by atoms with E-state index in [1.165, 1.54) is 11.8 Å². The van der Waals surface area contributed by atoms with Gasteiger partial charge in [0.05, 0.1) is 22.4 Å². The molecule has 2 aromatic rings. The van der Waals surface area contributed by atoms with Gasteiger partial charge in [-0.15, -0.1) is 10.2 Å². The first kappa shape index (κ1) is 17.1. The molecule has 0 aliphatic heterocycles. The van der Waals surface area contributed by atoms with Gasteiger partial charge in [0.2, 0.25) is 5.16 Å². The SMILES string of the molecule is CSc1nnc(C)n1/N=C\c1cc(Cl)c(OC(C)C)c(Cl)c1. The van der Waals surface area contributed by atoms with E-state index in [9.17, 15) is 0 Å². The summed E-state index contributed by atoms with van der Waals surface area (Å²) in [6.45, 7) is 5.67. The highest BCUT2D eigenvalue weighted by Gasteiger charge is 2.11. The second kappa shape index (κ2) is 7.35. The predicted octanol–water partition coefficient (Wildman–Crippen LogP) is 4.28. The van der Waals surface area contributed by atoms with Crippen molar-refractivity contribution < 1.29 is 4.74 Å². The summed E-state index contributed by atoms with van der Waals surface area (Å²) in [4.78, 5) is 0. The molecule has 0 spiro atoms. The molecule has 0 bridgehead atoms. The average molecular weight is 359 g/mol. The fourth-order valence-corrected chi connectivity index (χ4v) is 2.79. The summed E-state index contributed by atoms with van der Waals surface area (Å²) in [5, 5.41) is 14.0. The van der Waals surface area contributed by atoms with Crippen molar-refractivity contribution in [2.45, 2.75) is 32.0 Å². The van der Waals surface area contributed by atoms with Crippen LogP contribution in [0.15, 0.2) is 22.4 Å². The molecule has 0 radical (unpaired) electrons. The van der Waals surface area contributed by atoms with Crippen LogP contribution in [0.4, 0.5) is 0 Å². The Morgan fingerprint density at radius 2 is 1.91 bits per heavy atom. The van der Waals surface area contributed by atoms with Crippen LogP contribution in [0, 0.1) is 6.92 Å². The van der Waals surface area contributed by atoms with E-state index in [4.69, 9.17) is 27.9 Å². The van der Waals surface area contributed by atoms with Crippen molar-refractivity contribution in [3.05, 3.63) is 33.6 Å². The molecule has 8 heteroatoms. The molecule has 0 unspecified atom stereocenters. The van der Waals surface area contributed by atoms with Crippen LogP contribution >= 0.6 is 35.0 Å². The number of aromatic nitrogens is 3. The second-order valence-corrected chi connectivity index (χ2v) is 6.36. The minimum atomic E-state index is -0.00155. The van der Waals surface area contributed by atoms with Crippen LogP contribution in [0.2, 0.25) is 10.0 Å². The predicted molar refractivity (Wildman–Crippen MR) is 91.8 cm³/mol. The van der Waals surface area contributed by atoms with Crippen LogP contribution in [0.1, 0.15) is 25.2 Å². The summed E-state index contributed by atoms with van der Waals surface area (Å²) in [6.07, 6.45) is 3.58. The first-order chi connectivity index (χ1) is 10.4. The van der Waals surface area contributed by atoms with E-state index in [1.54, 1.807) is 23.0 Å². The Bertz CT molecular complexity index is 677. The third-order valence-corrected chi connectivity index (χ3v) is 3.83. The van der Waals surface area contributed by atoms with Gasteiger partial charge in [0.15, 0.2) is 11.6 Å². The number of halogens is 2. The van der Waals surface area contributed by atoms with Gasteiger partial charge >= 0.3 is 0 Å². The molecule has 0 atom stereocenters. The topological polar surface area (TPSA) is 52.3 Å². The lowest BCUT2D eigenvalue weighted by molar-refractivity contribution is 0.243. The van der Waals surface area contributed by atoms with Gasteiger partial charge in [-0.1, -0.05) is 35.0 Å². The number of ether oxygens (including phenoxy) is 1. The van der Waals surface area contributed by atoms with Gasteiger partial charge in [0.1, 0.15) is 0 Å². The van der Waals surface area contributed by atoms with Crippen molar-refractivity contribution in [2.75, 3.05) is 6.26 Å². The van der Waals surface area contributed by atoms with Gasteiger partial charge in [-0.05, 0) is 44.7 Å². The zero-order valence-electron chi connectivity index (χ0n) is 12.7. The molecule has 5 nitrogen and oxygen atoms in total. The minimum absolute atomic E-state index is 0.00155. The molecule has 22 heavy (non-hydrogen) atoms. The number of benzene rings is 1. The number of nitrogens with zero attached hydrogens (tertiary/aromatic N) is 4. The van der Waals surface area contributed by atoms with E-state index in [0.29, 0.717) is 26.8 Å². The first-order valence-electron chi connectivity index (χ1n) is 6.58. The molecule has 0 saturated heterocycles. The number of rotatable bonds is 5. The van der Waals surface area contributed by atoms with Crippen LogP contribution < -0.4 is 4.74 Å². The highest BCUT2D eigenvalue weighted by molar-refractivity contribution is 7.98. The van der Waals surface area contributed by atoms with E-state index in [0.717, 1.165) is 5.56 Å². The summed E-state index contributed by atoms with van der Waals surface area (Å²) in [5.41, 5.74) is 0.770. The Kier molecular flexibility index (Phi) is 5.72. The number of hydrogen-bond donors (Lipinski definition) is 0. The van der Waals surface area contributed by atoms with E-state index in [-0.39, 0.29) is 6.10 Å². The lowest BCUT2D eigenvalue weighted by Crippen LogP contribution is -2.06. The number of aryl methyl sites for hydroxylation is 1. The number of thioether (sulfide) groups is 1. The summed E-state index contributed by atoms with van der Waals surface area (Å²) in [5.74, 6) is 1.19. The summed E-state index contributed by atoms with van der Waals surface area (Å²) >= 11 is 13.9. The van der Waals surface area contributed by atoms with Crippen molar-refractivity contribution in [2.24, 2.45) is 5.10 Å². The first-order valence-corrected chi connectivity index (χ1v) is 8.56. The molecule has 1 aromatic heterocycles. The smallest absolute Gasteiger partial charge is 0.211 e. The monoisotopic (exact) mass is 358 g/mol. The van der Waals surface area contributed by atoms with Gasteiger partial charge in [0.25, 0.3) is 0 Å². The van der Waals surface area contributed by atoms with Crippen LogP contribution in [0.3, 0.4) is 0 Å². The third kappa shape index (κ3) is 3.94. The molecule has 2 rings (SSSR count). The Balaban J connectivity index is 2.30. The van der Waals surface area contributed by atoms with Crippen molar-refractivity contribution >= 4 is 41.2 Å². The maximum Gasteiger partial charge on any atom is 0.211 e. The zero-order chi connectivity index (χ0) is 16.3. The molecule has 1 aromatic carbocycles. The van der Waals surface area contributed by atoms with E-state index < -0.39 is 0 Å². The van der Waals surface area contributed by atoms with Gasteiger partial charge in [0, 0.05) is 0 Å². The fourth-order valence-electron chi connectivity index (χ4n) is 1.73. The molecular formula is C14H16Cl2N4OS. The maximum absolute atomic E-state index is 6.22. The Labute approximate surface area is 143 Å². The quantitative estimate of drug-likeness (QED) is 0.591. The van der Waals surface area contributed by atoms with Crippen molar-refractivity contribution in [3.63, 3.8) is 0 Å². The summed E-state index contributed by atoms with van der Waals surface area (Å²) < 4.78 is 7.26. The van der Waals surface area contributed by atoms with Gasteiger partial charge < -0.3 is 4.74 Å². The summed E-state index contributed by atoms with van der Waals surface area (Å²) in [7, 11) is 0. The lowest BCUT2D eigenvalue weighted by Gasteiger charge is -2.13. The Hall–Kier alpha value is -1.24. The van der Waals surface area contributed by atoms with Crippen LogP contribution in [-0.2, 0) is 0 Å². The average Bonchev–Trinajstić information content (AvgIpc) is 2.80. The third-order valence-electron chi connectivity index (χ3n) is 2.65. The lowest BCUT2D eigenvalue weighted by atomic mass is 10.2. The Morgan fingerprint density at radius 3 is 2.45 bits per heavy atom. The highest BCUT2D eigenvalue weighted by atomic mass is 35.5. The highest BCUT2D eigenvalue weighted by Crippen LogP contribution is 2.34. The van der Waals surface area contributed by atoms with E-state index in [2.05, 4.69) is 15.3 Å². The summed E-state index contributed by atoms with van der Waals surface area (Å²) in [6, 6.07) is 3.51. The second-order valence-electron chi connectivity index (χ2n) is 4.77.